The number of nitrogens with zero attached hydrogens (tertiary/aromatic N) is 3. The first-order valence-corrected chi connectivity index (χ1v) is 9.69. The third-order valence-electron chi connectivity index (χ3n) is 3.92. The Morgan fingerprint density at radius 2 is 1.86 bits per heavy atom. The number of carbonyl (C=O) groups is 1. The number of aryl methyl sites for hydroxylation is 1. The number of imidazole rings is 1. The van der Waals surface area contributed by atoms with Crippen molar-refractivity contribution >= 4 is 47.1 Å². The number of rotatable bonds is 7. The summed E-state index contributed by atoms with van der Waals surface area (Å²) in [6, 6.07) is 8.05. The van der Waals surface area contributed by atoms with Crippen molar-refractivity contribution in [2.24, 2.45) is 12.0 Å². The third kappa shape index (κ3) is 8.46. The van der Waals surface area contributed by atoms with Crippen LogP contribution in [0.1, 0.15) is 39.9 Å². The maximum Gasteiger partial charge on any atom is 0.407 e. The molecule has 0 spiro atoms. The summed E-state index contributed by atoms with van der Waals surface area (Å²) in [5, 5.41) is 9.25. The van der Waals surface area contributed by atoms with Crippen molar-refractivity contribution in [3.8, 4) is 0 Å². The zero-order valence-electron chi connectivity index (χ0n) is 17.9. The lowest BCUT2D eigenvalue weighted by Gasteiger charge is -2.19. The van der Waals surface area contributed by atoms with E-state index >= 15 is 0 Å². The average Bonchev–Trinajstić information content (AvgIpc) is 2.94. The summed E-state index contributed by atoms with van der Waals surface area (Å²) in [5.41, 5.74) is 1.59. The molecule has 29 heavy (non-hydrogen) atoms. The van der Waals surface area contributed by atoms with Gasteiger partial charge in [0.05, 0.1) is 11.0 Å². The van der Waals surface area contributed by atoms with Crippen LogP contribution in [0.4, 0.5) is 4.79 Å². The fraction of sp³-hybridized carbons (Fsp3) is 0.550. The number of benzene rings is 1. The van der Waals surface area contributed by atoms with Crippen molar-refractivity contribution in [2.75, 3.05) is 19.6 Å². The molecule has 1 aromatic heterocycles. The molecule has 1 aromatic carbocycles. The fourth-order valence-electron chi connectivity index (χ4n) is 2.63. The number of guanidine groups is 1. The number of ether oxygens (including phenoxy) is 1. The van der Waals surface area contributed by atoms with E-state index in [0.717, 1.165) is 35.8 Å². The van der Waals surface area contributed by atoms with Gasteiger partial charge < -0.3 is 25.3 Å². The van der Waals surface area contributed by atoms with Gasteiger partial charge in [-0.25, -0.2) is 14.8 Å². The van der Waals surface area contributed by atoms with Crippen LogP contribution in [0.2, 0.25) is 0 Å². The van der Waals surface area contributed by atoms with Gasteiger partial charge in [0.1, 0.15) is 18.0 Å². The van der Waals surface area contributed by atoms with Crippen LogP contribution in [0.3, 0.4) is 0 Å². The number of hydrogen-bond acceptors (Lipinski definition) is 4. The van der Waals surface area contributed by atoms with Gasteiger partial charge in [0.15, 0.2) is 5.96 Å². The SMILES string of the molecule is CCNC(=NCc1nc2ccccc2n1C)NCCCNC(=O)OC(C)(C)C.I. The number of alkyl carbamates (subject to hydrolysis) is 1. The molecule has 1 heterocycles. The number of halogens is 1. The molecular formula is C20H33IN6O2. The van der Waals surface area contributed by atoms with Gasteiger partial charge in [-0.1, -0.05) is 12.1 Å². The van der Waals surface area contributed by atoms with Crippen molar-refractivity contribution in [1.29, 1.82) is 0 Å². The van der Waals surface area contributed by atoms with E-state index in [4.69, 9.17) is 4.74 Å². The summed E-state index contributed by atoms with van der Waals surface area (Å²) in [5.74, 6) is 1.64. The van der Waals surface area contributed by atoms with Gasteiger partial charge >= 0.3 is 6.09 Å². The van der Waals surface area contributed by atoms with Gasteiger partial charge in [-0.2, -0.15) is 0 Å². The Morgan fingerprint density at radius 1 is 1.17 bits per heavy atom. The zero-order chi connectivity index (χ0) is 20.6. The second-order valence-corrected chi connectivity index (χ2v) is 7.48. The van der Waals surface area contributed by atoms with Crippen LogP contribution >= 0.6 is 24.0 Å². The monoisotopic (exact) mass is 516 g/mol. The van der Waals surface area contributed by atoms with Gasteiger partial charge in [-0.05, 0) is 46.2 Å². The summed E-state index contributed by atoms with van der Waals surface area (Å²) in [6.45, 7) is 10.0. The summed E-state index contributed by atoms with van der Waals surface area (Å²) in [6.07, 6.45) is 0.366. The van der Waals surface area contributed by atoms with Crippen LogP contribution in [0.15, 0.2) is 29.3 Å². The Labute approximate surface area is 189 Å². The number of hydrogen-bond donors (Lipinski definition) is 3. The fourth-order valence-corrected chi connectivity index (χ4v) is 2.63. The molecule has 0 saturated heterocycles. The first kappa shape index (κ1) is 25.0. The molecule has 162 valence electrons. The van der Waals surface area contributed by atoms with Crippen molar-refractivity contribution in [1.82, 2.24) is 25.5 Å². The second kappa shape index (κ2) is 11.8. The maximum atomic E-state index is 11.6. The lowest BCUT2D eigenvalue weighted by atomic mass is 10.2. The van der Waals surface area contributed by atoms with Crippen molar-refractivity contribution < 1.29 is 9.53 Å². The van der Waals surface area contributed by atoms with E-state index in [2.05, 4.69) is 36.6 Å². The molecule has 0 aliphatic carbocycles. The summed E-state index contributed by atoms with van der Waals surface area (Å²) < 4.78 is 7.27. The first-order valence-electron chi connectivity index (χ1n) is 9.69. The number of nitrogens with one attached hydrogen (secondary N) is 3. The molecule has 0 aliphatic rings. The highest BCUT2D eigenvalue weighted by Gasteiger charge is 2.15. The smallest absolute Gasteiger partial charge is 0.407 e. The van der Waals surface area contributed by atoms with E-state index in [0.29, 0.717) is 19.6 Å². The molecule has 9 heteroatoms. The van der Waals surface area contributed by atoms with Crippen LogP contribution < -0.4 is 16.0 Å². The summed E-state index contributed by atoms with van der Waals surface area (Å²) in [7, 11) is 2.00. The molecule has 0 aliphatic heterocycles. The highest BCUT2D eigenvalue weighted by atomic mass is 127. The second-order valence-electron chi connectivity index (χ2n) is 7.48. The Morgan fingerprint density at radius 3 is 2.52 bits per heavy atom. The molecule has 0 bridgehead atoms. The predicted molar refractivity (Wildman–Crippen MR) is 128 cm³/mol. The summed E-state index contributed by atoms with van der Waals surface area (Å²) in [4.78, 5) is 20.9. The Hall–Kier alpha value is -2.04. The molecule has 2 rings (SSSR count). The van der Waals surface area contributed by atoms with Crippen LogP contribution in [0, 0.1) is 0 Å². The predicted octanol–water partition coefficient (Wildman–Crippen LogP) is 3.16. The Bertz CT molecular complexity index is 813. The van der Waals surface area contributed by atoms with Crippen molar-refractivity contribution in [2.45, 2.75) is 46.3 Å². The zero-order valence-corrected chi connectivity index (χ0v) is 20.2. The molecule has 3 N–H and O–H groups in total. The molecule has 2 aromatic rings. The van der Waals surface area contributed by atoms with Crippen LogP contribution in [0.5, 0.6) is 0 Å². The lowest BCUT2D eigenvalue weighted by molar-refractivity contribution is 0.0527. The summed E-state index contributed by atoms with van der Waals surface area (Å²) >= 11 is 0. The topological polar surface area (TPSA) is 92.6 Å². The molecule has 0 unspecified atom stereocenters. The number of para-hydroxylation sites is 2. The Kier molecular flexibility index (Phi) is 10.2. The first-order chi connectivity index (χ1) is 13.3. The highest BCUT2D eigenvalue weighted by molar-refractivity contribution is 14.0. The van der Waals surface area contributed by atoms with E-state index in [1.54, 1.807) is 0 Å². The van der Waals surface area contributed by atoms with Gasteiger partial charge in [0, 0.05) is 26.7 Å². The normalized spacial score (nSPS) is 11.7. The van der Waals surface area contributed by atoms with Crippen molar-refractivity contribution in [3.05, 3.63) is 30.1 Å². The molecule has 1 amide bonds. The van der Waals surface area contributed by atoms with Crippen molar-refractivity contribution in [3.63, 3.8) is 0 Å². The van der Waals surface area contributed by atoms with E-state index in [-0.39, 0.29) is 24.0 Å². The number of carbonyl (C=O) groups excluding carboxylic acids is 1. The van der Waals surface area contributed by atoms with E-state index in [1.807, 2.05) is 52.9 Å². The van der Waals surface area contributed by atoms with E-state index < -0.39 is 11.7 Å². The van der Waals surface area contributed by atoms with E-state index in [1.165, 1.54) is 0 Å². The third-order valence-corrected chi connectivity index (χ3v) is 3.92. The Balaban J connectivity index is 0.00000420. The van der Waals surface area contributed by atoms with Gasteiger partial charge in [-0.3, -0.25) is 0 Å². The van der Waals surface area contributed by atoms with Crippen LogP contribution in [0.25, 0.3) is 11.0 Å². The quantitative estimate of drug-likeness (QED) is 0.228. The standard InChI is InChI=1S/C20H32N6O2.HI/c1-6-21-18(22-12-9-13-23-19(27)28-20(2,3)4)24-14-17-25-15-10-7-8-11-16(15)26(17)5;/h7-8,10-11H,6,9,12-14H2,1-5H3,(H,23,27)(H2,21,22,24);1H. The van der Waals surface area contributed by atoms with E-state index in [9.17, 15) is 4.79 Å². The van der Waals surface area contributed by atoms with Gasteiger partial charge in [0.2, 0.25) is 0 Å². The van der Waals surface area contributed by atoms with Crippen LogP contribution in [-0.2, 0) is 18.3 Å². The number of aliphatic imine (C=N–C) groups is 1. The molecule has 8 nitrogen and oxygen atoms in total. The molecule has 0 radical (unpaired) electrons. The number of amides is 1. The number of aromatic nitrogens is 2. The maximum absolute atomic E-state index is 11.6. The molecular weight excluding hydrogens is 483 g/mol. The average molecular weight is 516 g/mol. The minimum Gasteiger partial charge on any atom is -0.444 e. The van der Waals surface area contributed by atoms with Gasteiger partial charge in [0.25, 0.3) is 0 Å². The van der Waals surface area contributed by atoms with Crippen LogP contribution in [-0.4, -0.2) is 46.8 Å². The van der Waals surface area contributed by atoms with Gasteiger partial charge in [-0.15, -0.1) is 24.0 Å². The number of fused-ring (bicyclic) bond motifs is 1. The molecule has 0 atom stereocenters. The molecule has 0 saturated carbocycles. The highest BCUT2D eigenvalue weighted by Crippen LogP contribution is 2.14. The largest absolute Gasteiger partial charge is 0.444 e. The molecule has 0 fully saturated rings. The minimum absolute atomic E-state index is 0. The lowest BCUT2D eigenvalue weighted by Crippen LogP contribution is -2.39. The minimum atomic E-state index is -0.483.